The molecule has 2 aromatic rings. The van der Waals surface area contributed by atoms with Crippen LogP contribution in [-0.2, 0) is 31.9 Å². The van der Waals surface area contributed by atoms with Gasteiger partial charge >= 0.3 is 11.9 Å². The van der Waals surface area contributed by atoms with E-state index in [0.717, 1.165) is 5.56 Å². The van der Waals surface area contributed by atoms with Gasteiger partial charge in [-0.05, 0) is 6.42 Å². The number of methoxy groups -OCH3 is 2. The summed E-state index contributed by atoms with van der Waals surface area (Å²) in [6, 6.07) is 9.23. The largest absolute Gasteiger partial charge is 0.469 e. The molecule has 7 nitrogen and oxygen atoms in total. The van der Waals surface area contributed by atoms with E-state index in [0.29, 0.717) is 17.1 Å². The predicted octanol–water partition coefficient (Wildman–Crippen LogP) is 1.11. The number of ether oxygens (including phenoxy) is 2. The number of hydrogen-bond donors (Lipinski definition) is 1. The number of rotatable bonds is 3. The first-order valence-corrected chi connectivity index (χ1v) is 7.88. The Bertz CT molecular complexity index is 860. The van der Waals surface area contributed by atoms with Crippen LogP contribution in [0.1, 0.15) is 11.3 Å². The minimum atomic E-state index is -0.754. The molecule has 0 radical (unpaired) electrons. The summed E-state index contributed by atoms with van der Waals surface area (Å²) in [4.78, 5) is 43.9. The molecule has 0 aliphatic heterocycles. The molecule has 1 aliphatic carbocycles. The van der Waals surface area contributed by atoms with E-state index in [1.165, 1.54) is 14.2 Å². The number of hydrogen-bond acceptors (Lipinski definition) is 6. The van der Waals surface area contributed by atoms with Crippen molar-refractivity contribution in [2.75, 3.05) is 14.2 Å². The van der Waals surface area contributed by atoms with Crippen molar-refractivity contribution in [1.29, 1.82) is 0 Å². The highest BCUT2D eigenvalue weighted by Gasteiger charge is 2.41. The lowest BCUT2D eigenvalue weighted by molar-refractivity contribution is -0.158. The number of carbonyl (C=O) groups excluding carboxylic acids is 2. The van der Waals surface area contributed by atoms with Crippen molar-refractivity contribution in [3.05, 3.63) is 51.9 Å². The average molecular weight is 342 g/mol. The van der Waals surface area contributed by atoms with Gasteiger partial charge in [-0.25, -0.2) is 4.98 Å². The standard InChI is InChI=1S/C18H18N2O5/c1-24-17(22)11-8-13-14(9-12(11)18(23)25-2)19-15(20-16(13)21)10-6-4-3-5-7-10/h3-7,11-12H,8-9H2,1-2H3,(H,19,20,21)/t11-,12+/m0/s1. The number of H-pyrrole nitrogens is 1. The Hall–Kier alpha value is -2.96. The summed E-state index contributed by atoms with van der Waals surface area (Å²) in [6.45, 7) is 0. The van der Waals surface area contributed by atoms with E-state index in [4.69, 9.17) is 9.47 Å². The third-order valence-electron chi connectivity index (χ3n) is 4.48. The van der Waals surface area contributed by atoms with Gasteiger partial charge in [0.1, 0.15) is 5.82 Å². The molecule has 1 aliphatic rings. The van der Waals surface area contributed by atoms with E-state index in [1.807, 2.05) is 30.3 Å². The fourth-order valence-corrected chi connectivity index (χ4v) is 3.17. The van der Waals surface area contributed by atoms with Gasteiger partial charge in [0.15, 0.2) is 0 Å². The smallest absolute Gasteiger partial charge is 0.309 e. The third-order valence-corrected chi connectivity index (χ3v) is 4.48. The van der Waals surface area contributed by atoms with Gasteiger partial charge in [-0.2, -0.15) is 0 Å². The summed E-state index contributed by atoms with van der Waals surface area (Å²) in [5.41, 5.74) is 1.39. The first kappa shape index (κ1) is 16.9. The maximum absolute atomic E-state index is 12.5. The van der Waals surface area contributed by atoms with Gasteiger partial charge < -0.3 is 14.5 Å². The number of benzene rings is 1. The second-order valence-electron chi connectivity index (χ2n) is 5.87. The normalized spacial score (nSPS) is 19.0. The molecule has 0 amide bonds. The van der Waals surface area contributed by atoms with Gasteiger partial charge in [-0.1, -0.05) is 30.3 Å². The molecule has 0 unspecified atom stereocenters. The van der Waals surface area contributed by atoms with Gasteiger partial charge in [0.05, 0.1) is 31.7 Å². The maximum Gasteiger partial charge on any atom is 0.309 e. The Kier molecular flexibility index (Phi) is 4.65. The Morgan fingerprint density at radius 1 is 1.04 bits per heavy atom. The average Bonchev–Trinajstić information content (AvgIpc) is 2.66. The predicted molar refractivity (Wildman–Crippen MR) is 88.7 cm³/mol. The Morgan fingerprint density at radius 2 is 1.64 bits per heavy atom. The quantitative estimate of drug-likeness (QED) is 0.839. The molecule has 3 rings (SSSR count). The highest BCUT2D eigenvalue weighted by atomic mass is 16.5. The van der Waals surface area contributed by atoms with Crippen LogP contribution in [-0.4, -0.2) is 36.1 Å². The summed E-state index contributed by atoms with van der Waals surface area (Å²) >= 11 is 0. The fourth-order valence-electron chi connectivity index (χ4n) is 3.17. The van der Waals surface area contributed by atoms with Crippen LogP contribution in [0.5, 0.6) is 0 Å². The van der Waals surface area contributed by atoms with Gasteiger partial charge in [0.25, 0.3) is 5.56 Å². The van der Waals surface area contributed by atoms with E-state index < -0.39 is 23.8 Å². The van der Waals surface area contributed by atoms with Crippen molar-refractivity contribution < 1.29 is 19.1 Å². The number of aromatic nitrogens is 2. The Labute approximate surface area is 144 Å². The van der Waals surface area contributed by atoms with Gasteiger partial charge in [0, 0.05) is 17.5 Å². The van der Waals surface area contributed by atoms with Crippen LogP contribution in [0.4, 0.5) is 0 Å². The van der Waals surface area contributed by atoms with Crippen molar-refractivity contribution >= 4 is 11.9 Å². The summed E-state index contributed by atoms with van der Waals surface area (Å²) in [5.74, 6) is -2.08. The van der Waals surface area contributed by atoms with Crippen molar-refractivity contribution in [1.82, 2.24) is 9.97 Å². The van der Waals surface area contributed by atoms with E-state index in [2.05, 4.69) is 9.97 Å². The molecule has 25 heavy (non-hydrogen) atoms. The second kappa shape index (κ2) is 6.88. The van der Waals surface area contributed by atoms with E-state index in [-0.39, 0.29) is 18.4 Å². The topological polar surface area (TPSA) is 98.4 Å². The van der Waals surface area contributed by atoms with Crippen LogP contribution in [0.2, 0.25) is 0 Å². The zero-order valence-electron chi connectivity index (χ0n) is 13.9. The molecule has 7 heteroatoms. The van der Waals surface area contributed by atoms with Crippen molar-refractivity contribution in [3.63, 3.8) is 0 Å². The number of fused-ring (bicyclic) bond motifs is 1. The summed E-state index contributed by atoms with van der Waals surface area (Å²) in [6.07, 6.45) is 0.255. The minimum Gasteiger partial charge on any atom is -0.469 e. The molecule has 0 fully saturated rings. The summed E-state index contributed by atoms with van der Waals surface area (Å²) < 4.78 is 9.60. The molecule has 130 valence electrons. The zero-order valence-corrected chi connectivity index (χ0v) is 13.9. The van der Waals surface area contributed by atoms with E-state index >= 15 is 0 Å². The molecule has 0 saturated carbocycles. The van der Waals surface area contributed by atoms with Crippen LogP contribution in [0.15, 0.2) is 35.1 Å². The molecule has 1 N–H and O–H groups in total. The van der Waals surface area contributed by atoms with Crippen LogP contribution < -0.4 is 5.56 Å². The Morgan fingerprint density at radius 3 is 2.24 bits per heavy atom. The molecule has 1 aromatic carbocycles. The third kappa shape index (κ3) is 3.17. The number of carbonyl (C=O) groups is 2. The number of nitrogens with one attached hydrogen (secondary N) is 1. The van der Waals surface area contributed by atoms with E-state index in [9.17, 15) is 14.4 Å². The molecule has 0 spiro atoms. The van der Waals surface area contributed by atoms with Gasteiger partial charge in [-0.15, -0.1) is 0 Å². The fraction of sp³-hybridized carbons (Fsp3) is 0.333. The van der Waals surface area contributed by atoms with Crippen LogP contribution in [0.3, 0.4) is 0 Å². The molecule has 0 bridgehead atoms. The first-order chi connectivity index (χ1) is 12.0. The molecule has 1 heterocycles. The van der Waals surface area contributed by atoms with Gasteiger partial charge in [0.2, 0.25) is 0 Å². The highest BCUT2D eigenvalue weighted by molar-refractivity contribution is 5.83. The van der Waals surface area contributed by atoms with Gasteiger partial charge in [-0.3, -0.25) is 14.4 Å². The SMILES string of the molecule is COC(=O)[C@H]1Cc2c(nc(-c3ccccc3)[nH]c2=O)C[C@H]1C(=O)OC. The lowest BCUT2D eigenvalue weighted by Gasteiger charge is -2.28. The van der Waals surface area contributed by atoms with Crippen LogP contribution in [0, 0.1) is 11.8 Å². The summed E-state index contributed by atoms with van der Waals surface area (Å²) in [5, 5.41) is 0. The molecule has 0 saturated heterocycles. The molecule has 2 atom stereocenters. The Balaban J connectivity index is 2.06. The van der Waals surface area contributed by atoms with Crippen LogP contribution >= 0.6 is 0 Å². The minimum absolute atomic E-state index is 0.0964. The first-order valence-electron chi connectivity index (χ1n) is 7.88. The number of nitrogens with zero attached hydrogens (tertiary/aromatic N) is 1. The van der Waals surface area contributed by atoms with Crippen molar-refractivity contribution in [2.24, 2.45) is 11.8 Å². The molecular weight excluding hydrogens is 324 g/mol. The number of esters is 2. The number of aromatic amines is 1. The second-order valence-corrected chi connectivity index (χ2v) is 5.87. The lowest BCUT2D eigenvalue weighted by atomic mass is 9.78. The highest BCUT2D eigenvalue weighted by Crippen LogP contribution is 2.30. The lowest BCUT2D eigenvalue weighted by Crippen LogP contribution is -2.40. The van der Waals surface area contributed by atoms with Crippen molar-refractivity contribution in [3.8, 4) is 11.4 Å². The summed E-state index contributed by atoms with van der Waals surface area (Å²) in [7, 11) is 2.53. The zero-order chi connectivity index (χ0) is 18.0. The van der Waals surface area contributed by atoms with Crippen LogP contribution in [0.25, 0.3) is 11.4 Å². The van der Waals surface area contributed by atoms with E-state index in [1.54, 1.807) is 0 Å². The molecule has 1 aromatic heterocycles. The monoisotopic (exact) mass is 342 g/mol. The molecular formula is C18H18N2O5. The maximum atomic E-state index is 12.5. The van der Waals surface area contributed by atoms with Crippen molar-refractivity contribution in [2.45, 2.75) is 12.8 Å².